The van der Waals surface area contributed by atoms with E-state index in [1.165, 1.54) is 4.68 Å². The van der Waals surface area contributed by atoms with Crippen LogP contribution >= 0.6 is 0 Å². The Kier molecular flexibility index (Phi) is 3.98. The van der Waals surface area contributed by atoms with Crippen LogP contribution in [0.2, 0.25) is 0 Å². The summed E-state index contributed by atoms with van der Waals surface area (Å²) < 4.78 is 12.1. The molecule has 100 valence electrons. The summed E-state index contributed by atoms with van der Waals surface area (Å²) in [7, 11) is 0. The fraction of sp³-hybridized carbons (Fsp3) is 0.667. The molecule has 1 aliphatic heterocycles. The van der Waals surface area contributed by atoms with Gasteiger partial charge in [0.2, 0.25) is 0 Å². The van der Waals surface area contributed by atoms with E-state index in [0.29, 0.717) is 37.3 Å². The number of hydrogen-bond acceptors (Lipinski definition) is 4. The number of ether oxygens (including phenoxy) is 2. The quantitative estimate of drug-likeness (QED) is 0.842. The summed E-state index contributed by atoms with van der Waals surface area (Å²) in [5.74, 6) is 0. The second kappa shape index (κ2) is 5.49. The first-order valence-corrected chi connectivity index (χ1v) is 6.13. The van der Waals surface area contributed by atoms with Crippen LogP contribution in [0.15, 0.2) is 9.59 Å². The Morgan fingerprint density at radius 3 is 2.56 bits per heavy atom. The molecule has 0 aliphatic carbocycles. The summed E-state index contributed by atoms with van der Waals surface area (Å²) in [6, 6.07) is 0. The Balaban J connectivity index is 2.10. The Labute approximate surface area is 105 Å². The van der Waals surface area contributed by atoms with Crippen LogP contribution in [0.5, 0.6) is 0 Å². The Morgan fingerprint density at radius 2 is 1.89 bits per heavy atom. The van der Waals surface area contributed by atoms with E-state index in [0.717, 1.165) is 6.42 Å². The Hall–Kier alpha value is -1.40. The zero-order valence-corrected chi connectivity index (χ0v) is 10.7. The summed E-state index contributed by atoms with van der Waals surface area (Å²) in [5, 5.41) is 2.56. The number of nitrogens with zero attached hydrogens (tertiary/aromatic N) is 1. The van der Waals surface area contributed by atoms with Crippen molar-refractivity contribution in [2.75, 3.05) is 13.2 Å². The average molecular weight is 254 g/mol. The number of aromatic amines is 1. The van der Waals surface area contributed by atoms with Gasteiger partial charge in [0.25, 0.3) is 11.1 Å². The first kappa shape index (κ1) is 13.0. The monoisotopic (exact) mass is 254 g/mol. The van der Waals surface area contributed by atoms with Crippen molar-refractivity contribution in [2.45, 2.75) is 39.5 Å². The number of aromatic nitrogens is 2. The van der Waals surface area contributed by atoms with Crippen molar-refractivity contribution in [1.82, 2.24) is 9.78 Å². The fourth-order valence-corrected chi connectivity index (χ4v) is 1.89. The van der Waals surface area contributed by atoms with Gasteiger partial charge in [0.05, 0.1) is 13.2 Å². The van der Waals surface area contributed by atoms with Crippen LogP contribution < -0.4 is 11.1 Å². The molecule has 0 amide bonds. The maximum atomic E-state index is 11.9. The van der Waals surface area contributed by atoms with Crippen LogP contribution in [0.1, 0.15) is 24.0 Å². The zero-order valence-electron chi connectivity index (χ0n) is 10.7. The molecule has 0 aromatic carbocycles. The van der Waals surface area contributed by atoms with Crippen molar-refractivity contribution in [2.24, 2.45) is 0 Å². The number of aryl methyl sites for hydroxylation is 1. The van der Waals surface area contributed by atoms with Crippen molar-refractivity contribution < 1.29 is 9.47 Å². The van der Waals surface area contributed by atoms with E-state index >= 15 is 0 Å². The van der Waals surface area contributed by atoms with Crippen LogP contribution in [-0.2, 0) is 16.0 Å². The van der Waals surface area contributed by atoms with Crippen LogP contribution in [0.3, 0.4) is 0 Å². The summed E-state index contributed by atoms with van der Waals surface area (Å²) >= 11 is 0. The van der Waals surface area contributed by atoms with Gasteiger partial charge in [-0.2, -0.15) is 0 Å². The SMILES string of the molecule is Cc1c(C)c(=O)n(CCC2OCCCO2)[nH]c1=O. The Bertz CT molecular complexity index is 526. The average Bonchev–Trinajstić information content (AvgIpc) is 2.40. The number of rotatable bonds is 3. The van der Waals surface area contributed by atoms with Gasteiger partial charge in [0.1, 0.15) is 0 Å². The van der Waals surface area contributed by atoms with Crippen molar-refractivity contribution in [1.29, 1.82) is 0 Å². The third kappa shape index (κ3) is 2.70. The number of nitrogens with one attached hydrogen (secondary N) is 1. The molecule has 1 aromatic rings. The molecule has 2 heterocycles. The second-order valence-electron chi connectivity index (χ2n) is 4.46. The van der Waals surface area contributed by atoms with Crippen molar-refractivity contribution in [3.8, 4) is 0 Å². The molecule has 1 N–H and O–H groups in total. The van der Waals surface area contributed by atoms with Gasteiger partial charge in [-0.25, -0.2) is 4.68 Å². The molecule has 2 rings (SSSR count). The van der Waals surface area contributed by atoms with Crippen molar-refractivity contribution in [3.05, 3.63) is 31.8 Å². The van der Waals surface area contributed by atoms with E-state index in [1.54, 1.807) is 13.8 Å². The molecule has 1 saturated heterocycles. The van der Waals surface area contributed by atoms with Crippen LogP contribution in [-0.4, -0.2) is 29.3 Å². The highest BCUT2D eigenvalue weighted by molar-refractivity contribution is 5.17. The largest absolute Gasteiger partial charge is 0.353 e. The minimum absolute atomic E-state index is 0.164. The van der Waals surface area contributed by atoms with Gasteiger partial charge in [-0.1, -0.05) is 0 Å². The van der Waals surface area contributed by atoms with E-state index in [9.17, 15) is 9.59 Å². The van der Waals surface area contributed by atoms with E-state index < -0.39 is 0 Å². The Morgan fingerprint density at radius 1 is 1.22 bits per heavy atom. The van der Waals surface area contributed by atoms with Gasteiger partial charge in [-0.3, -0.25) is 14.7 Å². The van der Waals surface area contributed by atoms with Gasteiger partial charge < -0.3 is 9.47 Å². The van der Waals surface area contributed by atoms with Crippen molar-refractivity contribution in [3.63, 3.8) is 0 Å². The van der Waals surface area contributed by atoms with Gasteiger partial charge >= 0.3 is 0 Å². The molecular weight excluding hydrogens is 236 g/mol. The molecule has 1 aromatic heterocycles. The molecule has 0 unspecified atom stereocenters. The predicted octanol–water partition coefficient (Wildman–Crippen LogP) is 0.307. The minimum atomic E-state index is -0.282. The molecule has 0 saturated carbocycles. The third-order valence-electron chi connectivity index (χ3n) is 3.19. The second-order valence-corrected chi connectivity index (χ2v) is 4.46. The highest BCUT2D eigenvalue weighted by atomic mass is 16.7. The lowest BCUT2D eigenvalue weighted by molar-refractivity contribution is -0.182. The number of H-pyrrole nitrogens is 1. The molecule has 6 heteroatoms. The van der Waals surface area contributed by atoms with Gasteiger partial charge in [0.15, 0.2) is 6.29 Å². The normalized spacial score (nSPS) is 17.0. The first-order valence-electron chi connectivity index (χ1n) is 6.13. The maximum absolute atomic E-state index is 11.9. The molecule has 0 radical (unpaired) electrons. The van der Waals surface area contributed by atoms with E-state index in [2.05, 4.69) is 5.10 Å². The lowest BCUT2D eigenvalue weighted by atomic mass is 10.2. The number of hydrogen-bond donors (Lipinski definition) is 1. The van der Waals surface area contributed by atoms with Crippen LogP contribution in [0, 0.1) is 13.8 Å². The van der Waals surface area contributed by atoms with Crippen molar-refractivity contribution >= 4 is 0 Å². The van der Waals surface area contributed by atoms with E-state index in [-0.39, 0.29) is 17.4 Å². The van der Waals surface area contributed by atoms with Crippen LogP contribution in [0.25, 0.3) is 0 Å². The summed E-state index contributed by atoms with van der Waals surface area (Å²) in [4.78, 5) is 23.5. The van der Waals surface area contributed by atoms with E-state index in [4.69, 9.17) is 9.47 Å². The smallest absolute Gasteiger partial charge is 0.268 e. The summed E-state index contributed by atoms with van der Waals surface area (Å²) in [5.41, 5.74) is 0.575. The molecule has 1 aliphatic rings. The van der Waals surface area contributed by atoms with Gasteiger partial charge in [0, 0.05) is 24.1 Å². The molecule has 0 bridgehead atoms. The zero-order chi connectivity index (χ0) is 13.1. The van der Waals surface area contributed by atoms with E-state index in [1.807, 2.05) is 0 Å². The maximum Gasteiger partial charge on any atom is 0.268 e. The summed E-state index contributed by atoms with van der Waals surface area (Å²) in [6.07, 6.45) is 1.17. The molecular formula is C12H18N2O4. The standard InChI is InChI=1S/C12H18N2O4/c1-8-9(2)12(16)14(13-11(8)15)5-4-10-17-6-3-7-18-10/h10H,3-7H2,1-2H3,(H,13,15). The van der Waals surface area contributed by atoms with Gasteiger partial charge in [-0.05, 0) is 20.3 Å². The van der Waals surface area contributed by atoms with Gasteiger partial charge in [-0.15, -0.1) is 0 Å². The predicted molar refractivity (Wildman–Crippen MR) is 65.7 cm³/mol. The van der Waals surface area contributed by atoms with Crippen LogP contribution in [0.4, 0.5) is 0 Å². The highest BCUT2D eigenvalue weighted by Crippen LogP contribution is 2.08. The first-order chi connectivity index (χ1) is 8.59. The molecule has 1 fully saturated rings. The molecule has 18 heavy (non-hydrogen) atoms. The lowest BCUT2D eigenvalue weighted by Crippen LogP contribution is -2.35. The topological polar surface area (TPSA) is 73.3 Å². The minimum Gasteiger partial charge on any atom is -0.353 e. The molecule has 0 spiro atoms. The molecule has 6 nitrogen and oxygen atoms in total. The third-order valence-corrected chi connectivity index (χ3v) is 3.19. The molecule has 0 atom stereocenters. The summed E-state index contributed by atoms with van der Waals surface area (Å²) in [6.45, 7) is 5.07. The fourth-order valence-electron chi connectivity index (χ4n) is 1.89. The lowest BCUT2D eigenvalue weighted by Gasteiger charge is -2.23. The highest BCUT2D eigenvalue weighted by Gasteiger charge is 2.15.